The molecular weight excluding hydrogens is 599 g/mol. The van der Waals surface area contributed by atoms with Crippen LogP contribution in [0, 0.1) is 6.92 Å². The predicted octanol–water partition coefficient (Wildman–Crippen LogP) is 6.89. The second-order valence-electron chi connectivity index (χ2n) is 12.3. The zero-order valence-electron chi connectivity index (χ0n) is 26.4. The molecule has 6 rings (SSSR count). The van der Waals surface area contributed by atoms with Gasteiger partial charge in [-0.3, -0.25) is 19.2 Å². The van der Waals surface area contributed by atoms with Gasteiger partial charge in [-0.15, -0.1) is 0 Å². The summed E-state index contributed by atoms with van der Waals surface area (Å²) >= 11 is 0. The number of benzene rings is 4. The number of carbonyl (C=O) groups excluding carboxylic acids is 1. The Morgan fingerprint density at radius 1 is 0.913 bits per heavy atom. The molecule has 0 aliphatic carbocycles. The van der Waals surface area contributed by atoms with Gasteiger partial charge in [-0.2, -0.15) is 0 Å². The van der Waals surface area contributed by atoms with Gasteiger partial charge in [0.05, 0.1) is 39.3 Å². The normalized spacial score (nSPS) is 13.2. The lowest BCUT2D eigenvalue weighted by atomic mass is 10.00. The Balaban J connectivity index is 1.27. The molecule has 6 aromatic rings. The van der Waals surface area contributed by atoms with Crippen molar-refractivity contribution in [3.63, 3.8) is 0 Å². The van der Waals surface area contributed by atoms with Crippen molar-refractivity contribution >= 4 is 46.3 Å². The Kier molecular flexibility index (Phi) is 8.68. The Hall–Kier alpha value is -4.53. The van der Waals surface area contributed by atoms with Crippen LogP contribution in [-0.2, 0) is 29.3 Å². The first-order valence-electron chi connectivity index (χ1n) is 15.2. The smallest absolute Gasteiger partial charge is 0.404 e. The highest BCUT2D eigenvalue weighted by atomic mass is 31.2. The number of quaternary nitrogens is 1. The van der Waals surface area contributed by atoms with E-state index in [0.717, 1.165) is 61.3 Å². The van der Waals surface area contributed by atoms with Crippen molar-refractivity contribution in [3.05, 3.63) is 120 Å². The molecule has 0 saturated carbocycles. The number of rotatable bonds is 11. The van der Waals surface area contributed by atoms with E-state index < -0.39 is 7.82 Å². The van der Waals surface area contributed by atoms with Gasteiger partial charge < -0.3 is 18.9 Å². The number of amides is 1. The summed E-state index contributed by atoms with van der Waals surface area (Å²) < 4.78 is 26.3. The predicted molar refractivity (Wildman–Crippen MR) is 182 cm³/mol. The van der Waals surface area contributed by atoms with Crippen LogP contribution >= 0.6 is 7.82 Å². The molecule has 0 bridgehead atoms. The van der Waals surface area contributed by atoms with E-state index in [2.05, 4.69) is 41.1 Å². The number of aromatic nitrogens is 2. The minimum atomic E-state index is -4.40. The molecule has 10 heteroatoms. The van der Waals surface area contributed by atoms with E-state index in [-0.39, 0.29) is 18.3 Å². The number of aryl methyl sites for hydroxylation is 2. The molecule has 236 valence electrons. The van der Waals surface area contributed by atoms with Crippen molar-refractivity contribution < 1.29 is 27.8 Å². The minimum Gasteiger partial charge on any atom is -0.404 e. The second-order valence-corrected chi connectivity index (χ2v) is 13.6. The molecule has 0 aliphatic rings. The van der Waals surface area contributed by atoms with Gasteiger partial charge >= 0.3 is 7.82 Å². The van der Waals surface area contributed by atoms with E-state index in [1.807, 2.05) is 80.7 Å². The van der Waals surface area contributed by atoms with Crippen molar-refractivity contribution in [2.45, 2.75) is 20.1 Å². The van der Waals surface area contributed by atoms with Gasteiger partial charge in [0.1, 0.15) is 18.0 Å². The molecule has 9 nitrogen and oxygen atoms in total. The average Bonchev–Trinajstić information content (AvgIpc) is 3.31. The summed E-state index contributed by atoms with van der Waals surface area (Å²) in [5.74, 6) is -0.0258. The SMILES string of the molecule is Cc1c2ccnc(C(=O)NCC[N+](C)(C)Cc3ccccc3)c2cc2c3cc(OP(=O)(O)OCc4ccccc4)ccc3n(C)c12. The first kappa shape index (κ1) is 31.5. The second kappa shape index (κ2) is 12.7. The number of nitrogens with zero attached hydrogens (tertiary/aromatic N) is 3. The number of likely N-dealkylation sites (N-methyl/N-ethyl adjacent to an activating group) is 1. The van der Waals surface area contributed by atoms with Crippen LogP contribution in [0.4, 0.5) is 0 Å². The highest BCUT2D eigenvalue weighted by Gasteiger charge is 2.25. The maximum Gasteiger partial charge on any atom is 0.527 e. The molecule has 0 fully saturated rings. The number of hydrogen-bond acceptors (Lipinski definition) is 5. The molecule has 2 N–H and O–H groups in total. The number of pyridine rings is 1. The van der Waals surface area contributed by atoms with Gasteiger partial charge in [-0.05, 0) is 53.8 Å². The van der Waals surface area contributed by atoms with Gasteiger partial charge in [0.2, 0.25) is 0 Å². The molecular formula is C36H38N4O5P+. The molecule has 0 saturated heterocycles. The van der Waals surface area contributed by atoms with Crippen LogP contribution in [0.2, 0.25) is 0 Å². The van der Waals surface area contributed by atoms with Crippen LogP contribution in [0.3, 0.4) is 0 Å². The van der Waals surface area contributed by atoms with Crippen molar-refractivity contribution in [1.29, 1.82) is 0 Å². The molecule has 2 aromatic heterocycles. The largest absolute Gasteiger partial charge is 0.527 e. The quantitative estimate of drug-likeness (QED) is 0.119. The third-order valence-electron chi connectivity index (χ3n) is 8.38. The summed E-state index contributed by atoms with van der Waals surface area (Å²) in [6, 6.07) is 28.6. The van der Waals surface area contributed by atoms with E-state index in [4.69, 9.17) is 9.05 Å². The van der Waals surface area contributed by atoms with Crippen molar-refractivity contribution in [1.82, 2.24) is 14.9 Å². The number of phosphoric acid groups is 1. The Morgan fingerprint density at radius 3 is 2.33 bits per heavy atom. The van der Waals surface area contributed by atoms with Gasteiger partial charge in [-0.1, -0.05) is 60.7 Å². The molecule has 4 aromatic carbocycles. The van der Waals surface area contributed by atoms with E-state index >= 15 is 0 Å². The van der Waals surface area contributed by atoms with Crippen LogP contribution in [0.1, 0.15) is 27.2 Å². The first-order chi connectivity index (χ1) is 22.0. The van der Waals surface area contributed by atoms with E-state index in [1.165, 1.54) is 5.56 Å². The van der Waals surface area contributed by atoms with Crippen LogP contribution in [0.5, 0.6) is 5.75 Å². The number of hydrogen-bond donors (Lipinski definition) is 2. The summed E-state index contributed by atoms with van der Waals surface area (Å²) in [4.78, 5) is 28.5. The van der Waals surface area contributed by atoms with E-state index in [0.29, 0.717) is 12.2 Å². The third kappa shape index (κ3) is 6.69. The van der Waals surface area contributed by atoms with Gasteiger partial charge in [0, 0.05) is 40.5 Å². The lowest BCUT2D eigenvalue weighted by Crippen LogP contribution is -2.44. The van der Waals surface area contributed by atoms with Crippen molar-refractivity contribution in [2.75, 3.05) is 27.2 Å². The Labute approximate surface area is 268 Å². The maximum absolute atomic E-state index is 13.5. The molecule has 0 spiro atoms. The molecule has 0 aliphatic heterocycles. The van der Waals surface area contributed by atoms with Gasteiger partial charge in [0.15, 0.2) is 0 Å². The van der Waals surface area contributed by atoms with Crippen LogP contribution in [0.15, 0.2) is 97.2 Å². The summed E-state index contributed by atoms with van der Waals surface area (Å²) in [5.41, 5.74) is 5.27. The maximum atomic E-state index is 13.5. The summed E-state index contributed by atoms with van der Waals surface area (Å²) in [6.07, 6.45) is 1.67. The zero-order valence-corrected chi connectivity index (χ0v) is 27.3. The molecule has 0 radical (unpaired) electrons. The fraction of sp³-hybridized carbons (Fsp3) is 0.222. The van der Waals surface area contributed by atoms with Crippen LogP contribution in [0.25, 0.3) is 32.6 Å². The number of fused-ring (bicyclic) bond motifs is 4. The topological polar surface area (TPSA) is 103 Å². The highest BCUT2D eigenvalue weighted by molar-refractivity contribution is 7.47. The fourth-order valence-electron chi connectivity index (χ4n) is 6.11. The van der Waals surface area contributed by atoms with E-state index in [1.54, 1.807) is 18.3 Å². The van der Waals surface area contributed by atoms with Crippen molar-refractivity contribution in [2.24, 2.45) is 7.05 Å². The molecule has 46 heavy (non-hydrogen) atoms. The standard InChI is InChI=1S/C36H37N4O5P/c1-25-29-17-18-37-34(36(41)38-19-20-40(3,4)23-26-11-7-5-8-12-26)31(29)22-32-30-21-28(15-16-33(30)39(2)35(25)32)45-46(42,43)44-24-27-13-9-6-10-14-27/h5-18,21-22H,19-20,23-24H2,1-4H3,(H-,38,41,42,43)/p+1. The fourth-order valence-corrected chi connectivity index (χ4v) is 6.86. The number of phosphoric ester groups is 1. The Bertz CT molecular complexity index is 2090. The molecule has 1 amide bonds. The molecule has 2 heterocycles. The number of carbonyl (C=O) groups is 1. The van der Waals surface area contributed by atoms with E-state index in [9.17, 15) is 14.3 Å². The average molecular weight is 638 g/mol. The summed E-state index contributed by atoms with van der Waals surface area (Å²) in [7, 11) is 1.89. The first-order valence-corrected chi connectivity index (χ1v) is 16.7. The zero-order chi connectivity index (χ0) is 32.5. The lowest BCUT2D eigenvalue weighted by Gasteiger charge is -2.30. The molecule has 1 atom stereocenters. The lowest BCUT2D eigenvalue weighted by molar-refractivity contribution is -0.902. The van der Waals surface area contributed by atoms with Gasteiger partial charge in [0.25, 0.3) is 5.91 Å². The van der Waals surface area contributed by atoms with Crippen LogP contribution < -0.4 is 9.84 Å². The number of nitrogens with one attached hydrogen (secondary N) is 1. The van der Waals surface area contributed by atoms with Crippen molar-refractivity contribution in [3.8, 4) is 5.75 Å². The van der Waals surface area contributed by atoms with Crippen LogP contribution in [-0.4, -0.2) is 52.0 Å². The van der Waals surface area contributed by atoms with Gasteiger partial charge in [-0.25, -0.2) is 4.57 Å². The third-order valence-corrected chi connectivity index (χ3v) is 9.27. The minimum absolute atomic E-state index is 0.0578. The monoisotopic (exact) mass is 637 g/mol. The Morgan fingerprint density at radius 2 is 1.61 bits per heavy atom. The highest BCUT2D eigenvalue weighted by Crippen LogP contribution is 2.46. The summed E-state index contributed by atoms with van der Waals surface area (Å²) in [6.45, 7) is 4.09. The summed E-state index contributed by atoms with van der Waals surface area (Å²) in [5, 5.41) is 6.46. The molecule has 1 unspecified atom stereocenters.